The molecule has 3 N–H and O–H groups in total. The van der Waals surface area contributed by atoms with Crippen molar-refractivity contribution in [3.8, 4) is 0 Å². The quantitative estimate of drug-likeness (QED) is 0.671. The molecule has 2 rings (SSSR count). The molecule has 0 atom stereocenters. The SMILES string of the molecule is Cc1nc(C(=O)NC2CC(N)C2)no1. The van der Waals surface area contributed by atoms with Crippen LogP contribution in [-0.4, -0.2) is 28.1 Å². The number of aromatic nitrogens is 2. The number of hydrogen-bond donors (Lipinski definition) is 2. The highest BCUT2D eigenvalue weighted by Gasteiger charge is 2.28. The summed E-state index contributed by atoms with van der Waals surface area (Å²) in [6.07, 6.45) is 1.64. The molecule has 0 spiro atoms. The smallest absolute Gasteiger partial charge is 0.292 e. The molecule has 1 fully saturated rings. The highest BCUT2D eigenvalue weighted by Crippen LogP contribution is 2.17. The zero-order valence-electron chi connectivity index (χ0n) is 7.86. The van der Waals surface area contributed by atoms with E-state index < -0.39 is 0 Å². The molecule has 76 valence electrons. The molecule has 1 amide bonds. The first-order valence-corrected chi connectivity index (χ1v) is 4.52. The van der Waals surface area contributed by atoms with E-state index in [4.69, 9.17) is 10.3 Å². The lowest BCUT2D eigenvalue weighted by atomic mass is 9.88. The van der Waals surface area contributed by atoms with Gasteiger partial charge in [0.15, 0.2) is 0 Å². The minimum atomic E-state index is -0.293. The first-order valence-electron chi connectivity index (χ1n) is 4.52. The molecular weight excluding hydrogens is 184 g/mol. The lowest BCUT2D eigenvalue weighted by Crippen LogP contribution is -2.50. The number of amides is 1. The van der Waals surface area contributed by atoms with Crippen molar-refractivity contribution in [3.63, 3.8) is 0 Å². The van der Waals surface area contributed by atoms with Crippen molar-refractivity contribution in [1.29, 1.82) is 0 Å². The van der Waals surface area contributed by atoms with Crippen LogP contribution in [0.5, 0.6) is 0 Å². The van der Waals surface area contributed by atoms with Crippen molar-refractivity contribution >= 4 is 5.91 Å². The number of rotatable bonds is 2. The van der Waals surface area contributed by atoms with Gasteiger partial charge in [-0.25, -0.2) is 0 Å². The number of carbonyl (C=O) groups excluding carboxylic acids is 1. The number of nitrogens with one attached hydrogen (secondary N) is 1. The van der Waals surface area contributed by atoms with E-state index in [0.29, 0.717) is 5.89 Å². The Labute approximate surface area is 80.9 Å². The Morgan fingerprint density at radius 2 is 2.36 bits per heavy atom. The second-order valence-electron chi connectivity index (χ2n) is 3.54. The Morgan fingerprint density at radius 1 is 1.64 bits per heavy atom. The van der Waals surface area contributed by atoms with Crippen LogP contribution in [0.3, 0.4) is 0 Å². The highest BCUT2D eigenvalue weighted by molar-refractivity contribution is 5.90. The number of hydrogen-bond acceptors (Lipinski definition) is 5. The molecule has 1 heterocycles. The minimum Gasteiger partial charge on any atom is -0.346 e. The van der Waals surface area contributed by atoms with Gasteiger partial charge in [-0.05, 0) is 12.8 Å². The van der Waals surface area contributed by atoms with Crippen LogP contribution < -0.4 is 11.1 Å². The molecule has 1 aromatic heterocycles. The summed E-state index contributed by atoms with van der Waals surface area (Å²) >= 11 is 0. The van der Waals surface area contributed by atoms with Crippen LogP contribution in [0.15, 0.2) is 4.52 Å². The fraction of sp³-hybridized carbons (Fsp3) is 0.625. The second kappa shape index (κ2) is 3.38. The molecule has 6 heteroatoms. The topological polar surface area (TPSA) is 94.0 Å². The Morgan fingerprint density at radius 3 is 2.86 bits per heavy atom. The van der Waals surface area contributed by atoms with E-state index in [-0.39, 0.29) is 23.8 Å². The van der Waals surface area contributed by atoms with E-state index in [9.17, 15) is 4.79 Å². The summed E-state index contributed by atoms with van der Waals surface area (Å²) < 4.78 is 4.69. The summed E-state index contributed by atoms with van der Waals surface area (Å²) in [4.78, 5) is 15.3. The van der Waals surface area contributed by atoms with Gasteiger partial charge >= 0.3 is 0 Å². The molecule has 0 aromatic carbocycles. The van der Waals surface area contributed by atoms with Crippen LogP contribution in [0.4, 0.5) is 0 Å². The number of nitrogens with zero attached hydrogens (tertiary/aromatic N) is 2. The van der Waals surface area contributed by atoms with Crippen molar-refractivity contribution < 1.29 is 9.32 Å². The van der Waals surface area contributed by atoms with Crippen LogP contribution in [0.1, 0.15) is 29.4 Å². The fourth-order valence-electron chi connectivity index (χ4n) is 1.42. The number of nitrogens with two attached hydrogens (primary N) is 1. The van der Waals surface area contributed by atoms with Gasteiger partial charge in [0.1, 0.15) is 0 Å². The largest absolute Gasteiger partial charge is 0.346 e. The van der Waals surface area contributed by atoms with Gasteiger partial charge in [0.25, 0.3) is 11.7 Å². The standard InChI is InChI=1S/C8H12N4O2/c1-4-10-7(12-14-4)8(13)11-6-2-5(9)3-6/h5-6H,2-3,9H2,1H3,(H,11,13). The zero-order valence-corrected chi connectivity index (χ0v) is 7.86. The van der Waals surface area contributed by atoms with E-state index >= 15 is 0 Å². The molecular formula is C8H12N4O2. The Bertz CT molecular complexity index is 343. The van der Waals surface area contributed by atoms with Crippen molar-refractivity contribution in [2.45, 2.75) is 31.8 Å². The molecule has 1 aliphatic carbocycles. The molecule has 14 heavy (non-hydrogen) atoms. The second-order valence-corrected chi connectivity index (χ2v) is 3.54. The number of aryl methyl sites for hydroxylation is 1. The molecule has 1 aromatic rings. The molecule has 1 saturated carbocycles. The molecule has 6 nitrogen and oxygen atoms in total. The number of carbonyl (C=O) groups is 1. The van der Waals surface area contributed by atoms with Crippen LogP contribution in [0, 0.1) is 6.92 Å². The maximum Gasteiger partial charge on any atom is 0.292 e. The van der Waals surface area contributed by atoms with E-state index in [1.165, 1.54) is 0 Å². The Balaban J connectivity index is 1.90. The maximum atomic E-state index is 11.4. The summed E-state index contributed by atoms with van der Waals surface area (Å²) in [5.74, 6) is 0.183. The van der Waals surface area contributed by atoms with Crippen LogP contribution >= 0.6 is 0 Å². The third kappa shape index (κ3) is 1.74. The van der Waals surface area contributed by atoms with E-state index in [1.54, 1.807) is 6.92 Å². The predicted octanol–water partition coefficient (Wildman–Crippen LogP) is -0.402. The van der Waals surface area contributed by atoms with Crippen LogP contribution in [0.25, 0.3) is 0 Å². The third-order valence-electron chi connectivity index (χ3n) is 2.24. The fourth-order valence-corrected chi connectivity index (χ4v) is 1.42. The van der Waals surface area contributed by atoms with E-state index in [2.05, 4.69) is 15.5 Å². The average Bonchev–Trinajstić information content (AvgIpc) is 2.49. The Hall–Kier alpha value is -1.43. The monoisotopic (exact) mass is 196 g/mol. The van der Waals surface area contributed by atoms with Gasteiger partial charge in [-0.2, -0.15) is 4.98 Å². The third-order valence-corrected chi connectivity index (χ3v) is 2.24. The molecule has 0 aliphatic heterocycles. The van der Waals surface area contributed by atoms with Crippen LogP contribution in [-0.2, 0) is 0 Å². The van der Waals surface area contributed by atoms with Crippen molar-refractivity contribution in [3.05, 3.63) is 11.7 Å². The summed E-state index contributed by atoms with van der Waals surface area (Å²) in [6.45, 7) is 1.64. The van der Waals surface area contributed by atoms with Gasteiger partial charge in [-0.1, -0.05) is 5.16 Å². The molecule has 0 radical (unpaired) electrons. The molecule has 0 unspecified atom stereocenters. The van der Waals surface area contributed by atoms with Gasteiger partial charge < -0.3 is 15.6 Å². The van der Waals surface area contributed by atoms with Crippen LogP contribution in [0.2, 0.25) is 0 Å². The van der Waals surface area contributed by atoms with Gasteiger partial charge in [-0.15, -0.1) is 0 Å². The minimum absolute atomic E-state index is 0.0861. The lowest BCUT2D eigenvalue weighted by molar-refractivity contribution is 0.0896. The van der Waals surface area contributed by atoms with Gasteiger partial charge in [-0.3, -0.25) is 4.79 Å². The Kier molecular flexibility index (Phi) is 2.20. The predicted molar refractivity (Wildman–Crippen MR) is 47.5 cm³/mol. The molecule has 1 aliphatic rings. The summed E-state index contributed by atoms with van der Waals surface area (Å²) in [5, 5.41) is 6.29. The normalized spacial score (nSPS) is 25.6. The van der Waals surface area contributed by atoms with E-state index in [0.717, 1.165) is 12.8 Å². The molecule has 0 saturated heterocycles. The summed E-state index contributed by atoms with van der Waals surface area (Å²) in [7, 11) is 0. The van der Waals surface area contributed by atoms with Crippen molar-refractivity contribution in [2.24, 2.45) is 5.73 Å². The summed E-state index contributed by atoms with van der Waals surface area (Å²) in [6, 6.07) is 0.378. The van der Waals surface area contributed by atoms with Crippen molar-refractivity contribution in [1.82, 2.24) is 15.5 Å². The maximum absolute atomic E-state index is 11.4. The first kappa shape index (κ1) is 9.14. The van der Waals surface area contributed by atoms with Gasteiger partial charge in [0, 0.05) is 19.0 Å². The first-order chi connectivity index (χ1) is 6.65. The van der Waals surface area contributed by atoms with Crippen molar-refractivity contribution in [2.75, 3.05) is 0 Å². The highest BCUT2D eigenvalue weighted by atomic mass is 16.5. The van der Waals surface area contributed by atoms with Gasteiger partial charge in [0.05, 0.1) is 0 Å². The van der Waals surface area contributed by atoms with E-state index in [1.807, 2.05) is 0 Å². The van der Waals surface area contributed by atoms with Gasteiger partial charge in [0.2, 0.25) is 5.89 Å². The lowest BCUT2D eigenvalue weighted by Gasteiger charge is -2.32. The average molecular weight is 196 g/mol. The summed E-state index contributed by atoms with van der Waals surface area (Å²) in [5.41, 5.74) is 5.59. The molecule has 0 bridgehead atoms. The zero-order chi connectivity index (χ0) is 10.1.